The van der Waals surface area contributed by atoms with Crippen molar-refractivity contribution in [3.63, 3.8) is 0 Å². The van der Waals surface area contributed by atoms with Gasteiger partial charge in [0.1, 0.15) is 5.82 Å². The van der Waals surface area contributed by atoms with Crippen molar-refractivity contribution >= 4 is 23.3 Å². The van der Waals surface area contributed by atoms with Crippen LogP contribution < -0.4 is 10.2 Å². The van der Waals surface area contributed by atoms with Gasteiger partial charge in [-0.2, -0.15) is 4.98 Å². The second-order valence-electron chi connectivity index (χ2n) is 5.13. The minimum absolute atomic E-state index is 0.100. The molecular weight excluding hydrogens is 306 g/mol. The molecule has 0 spiro atoms. The lowest BCUT2D eigenvalue weighted by Gasteiger charge is -2.32. The molecule has 9 heteroatoms. The molecule has 22 heavy (non-hydrogen) atoms. The van der Waals surface area contributed by atoms with E-state index in [4.69, 9.17) is 11.6 Å². The minimum atomic E-state index is -0.291. The molecule has 0 saturated carbocycles. The van der Waals surface area contributed by atoms with Crippen molar-refractivity contribution in [2.75, 3.05) is 18.0 Å². The summed E-state index contributed by atoms with van der Waals surface area (Å²) in [5.74, 6) is 0.676. The number of halogens is 1. The van der Waals surface area contributed by atoms with E-state index < -0.39 is 0 Å². The molecule has 0 unspecified atom stereocenters. The number of nitrogens with zero attached hydrogens (tertiary/aromatic N) is 6. The van der Waals surface area contributed by atoms with Gasteiger partial charge in [-0.05, 0) is 24.4 Å². The fourth-order valence-electron chi connectivity index (χ4n) is 2.42. The molecule has 1 aliphatic rings. The van der Waals surface area contributed by atoms with Crippen LogP contribution in [0.2, 0.25) is 5.28 Å². The fourth-order valence-corrected chi connectivity index (χ4v) is 2.54. The maximum absolute atomic E-state index is 12.1. The van der Waals surface area contributed by atoms with E-state index in [0.29, 0.717) is 0 Å². The lowest BCUT2D eigenvalue weighted by Crippen LogP contribution is -2.45. The van der Waals surface area contributed by atoms with Gasteiger partial charge < -0.3 is 10.2 Å². The third-order valence-electron chi connectivity index (χ3n) is 3.62. The highest BCUT2D eigenvalue weighted by atomic mass is 35.5. The van der Waals surface area contributed by atoms with Gasteiger partial charge >= 0.3 is 0 Å². The summed E-state index contributed by atoms with van der Waals surface area (Å²) in [5, 5.41) is 7.12. The largest absolute Gasteiger partial charge is 0.355 e. The number of aromatic nitrogens is 5. The summed E-state index contributed by atoms with van der Waals surface area (Å²) in [6, 6.07) is 0.100. The summed E-state index contributed by atoms with van der Waals surface area (Å²) >= 11 is 5.79. The lowest BCUT2D eigenvalue weighted by molar-refractivity contribution is 0.0920. The van der Waals surface area contributed by atoms with Gasteiger partial charge in [-0.15, -0.1) is 5.10 Å². The molecule has 0 radical (unpaired) electrons. The smallest absolute Gasteiger partial charge is 0.291 e. The van der Waals surface area contributed by atoms with Crippen molar-refractivity contribution < 1.29 is 4.79 Å². The van der Waals surface area contributed by atoms with Crippen molar-refractivity contribution in [3.8, 4) is 0 Å². The first-order chi connectivity index (χ1) is 10.6. The van der Waals surface area contributed by atoms with Gasteiger partial charge in [0.2, 0.25) is 11.1 Å². The average molecular weight is 322 g/mol. The average Bonchev–Trinajstić information content (AvgIpc) is 2.88. The predicted octanol–water partition coefficient (Wildman–Crippen LogP) is 0.657. The zero-order valence-electron chi connectivity index (χ0n) is 12.1. The molecule has 3 rings (SSSR count). The molecule has 1 fully saturated rings. The molecule has 8 nitrogen and oxygen atoms in total. The molecule has 0 aliphatic carbocycles. The van der Waals surface area contributed by atoms with Gasteiger partial charge in [0.15, 0.2) is 0 Å². The molecule has 0 aromatic carbocycles. The van der Waals surface area contributed by atoms with E-state index in [1.165, 1.54) is 4.68 Å². The summed E-state index contributed by atoms with van der Waals surface area (Å²) in [6.45, 7) is 1.64. The van der Waals surface area contributed by atoms with Crippen LogP contribution in [0.15, 0.2) is 18.6 Å². The number of rotatable bonds is 3. The molecule has 2 aromatic heterocycles. The highest BCUT2D eigenvalue weighted by molar-refractivity contribution is 6.28. The molecule has 1 N–H and O–H groups in total. The molecule has 116 valence electrons. The number of carbonyl (C=O) groups is 1. The van der Waals surface area contributed by atoms with E-state index in [-0.39, 0.29) is 23.1 Å². The van der Waals surface area contributed by atoms with Crippen LogP contribution in [0.3, 0.4) is 0 Å². The number of hydrogen-bond acceptors (Lipinski definition) is 6. The number of hydrogen-bond donors (Lipinski definition) is 1. The van der Waals surface area contributed by atoms with Gasteiger partial charge in [0, 0.05) is 38.6 Å². The number of carbonyl (C=O) groups excluding carboxylic acids is 1. The van der Waals surface area contributed by atoms with Crippen LogP contribution in [0, 0.1) is 0 Å². The van der Waals surface area contributed by atoms with E-state index in [2.05, 4.69) is 30.3 Å². The molecule has 0 bridgehead atoms. The molecule has 1 amide bonds. The Hall–Kier alpha value is -2.22. The second-order valence-corrected chi connectivity index (χ2v) is 5.46. The fraction of sp³-hybridized carbons (Fsp3) is 0.462. The first-order valence-electron chi connectivity index (χ1n) is 7.02. The highest BCUT2D eigenvalue weighted by Crippen LogP contribution is 2.16. The SMILES string of the molecule is Cn1nc(C(=O)NC2CCN(c3cnccn3)CC2)nc1Cl. The third kappa shape index (κ3) is 3.16. The molecule has 1 aliphatic heterocycles. The van der Waals surface area contributed by atoms with E-state index in [1.807, 2.05) is 0 Å². The van der Waals surface area contributed by atoms with E-state index >= 15 is 0 Å². The monoisotopic (exact) mass is 321 g/mol. The van der Waals surface area contributed by atoms with Crippen LogP contribution in [-0.2, 0) is 7.05 Å². The molecule has 0 atom stereocenters. The van der Waals surface area contributed by atoms with Crippen molar-refractivity contribution in [2.24, 2.45) is 7.05 Å². The van der Waals surface area contributed by atoms with Gasteiger partial charge in [0.05, 0.1) is 6.20 Å². The zero-order valence-corrected chi connectivity index (χ0v) is 12.9. The third-order valence-corrected chi connectivity index (χ3v) is 3.95. The Kier molecular flexibility index (Phi) is 4.19. The Morgan fingerprint density at radius 1 is 1.36 bits per heavy atom. The summed E-state index contributed by atoms with van der Waals surface area (Å²) in [7, 11) is 1.64. The Morgan fingerprint density at radius 2 is 2.14 bits per heavy atom. The normalized spacial score (nSPS) is 15.8. The number of nitrogens with one attached hydrogen (secondary N) is 1. The quantitative estimate of drug-likeness (QED) is 0.893. The van der Waals surface area contributed by atoms with E-state index in [9.17, 15) is 4.79 Å². The van der Waals surface area contributed by atoms with Crippen LogP contribution >= 0.6 is 11.6 Å². The van der Waals surface area contributed by atoms with Gasteiger partial charge in [-0.1, -0.05) is 0 Å². The Balaban J connectivity index is 1.55. The van der Waals surface area contributed by atoms with Gasteiger partial charge in [-0.25, -0.2) is 9.67 Å². The van der Waals surface area contributed by atoms with Crippen LogP contribution in [0.25, 0.3) is 0 Å². The minimum Gasteiger partial charge on any atom is -0.355 e. The predicted molar refractivity (Wildman–Crippen MR) is 80.7 cm³/mol. The molecule has 3 heterocycles. The van der Waals surface area contributed by atoms with E-state index in [0.717, 1.165) is 31.7 Å². The van der Waals surface area contributed by atoms with Gasteiger partial charge in [0.25, 0.3) is 5.91 Å². The van der Waals surface area contributed by atoms with E-state index in [1.54, 1.807) is 25.6 Å². The molecule has 2 aromatic rings. The number of aryl methyl sites for hydroxylation is 1. The zero-order chi connectivity index (χ0) is 15.5. The van der Waals surface area contributed by atoms with Gasteiger partial charge in [-0.3, -0.25) is 9.78 Å². The first kappa shape index (κ1) is 14.7. The lowest BCUT2D eigenvalue weighted by atomic mass is 10.1. The Morgan fingerprint density at radius 3 is 2.73 bits per heavy atom. The molecule has 1 saturated heterocycles. The van der Waals surface area contributed by atoms with Crippen LogP contribution in [-0.4, -0.2) is 49.8 Å². The maximum Gasteiger partial charge on any atom is 0.291 e. The summed E-state index contributed by atoms with van der Waals surface area (Å²) in [4.78, 5) is 26.5. The number of anilines is 1. The van der Waals surface area contributed by atoms with Crippen LogP contribution in [0.1, 0.15) is 23.5 Å². The van der Waals surface area contributed by atoms with Crippen molar-refractivity contribution in [2.45, 2.75) is 18.9 Å². The summed E-state index contributed by atoms with van der Waals surface area (Å²) in [5.41, 5.74) is 0. The Labute approximate surface area is 132 Å². The highest BCUT2D eigenvalue weighted by Gasteiger charge is 2.23. The summed E-state index contributed by atoms with van der Waals surface area (Å²) < 4.78 is 1.37. The first-order valence-corrected chi connectivity index (χ1v) is 7.39. The standard InChI is InChI=1S/C13H16ClN7O/c1-20-13(14)18-11(19-20)12(22)17-9-2-6-21(7-3-9)10-8-15-4-5-16-10/h4-5,8-9H,2-3,6-7H2,1H3,(H,17,22). The van der Waals surface area contributed by atoms with Crippen molar-refractivity contribution in [1.82, 2.24) is 30.0 Å². The second kappa shape index (κ2) is 6.27. The topological polar surface area (TPSA) is 88.8 Å². The molecular formula is C13H16ClN7O. The summed E-state index contributed by atoms with van der Waals surface area (Å²) in [6.07, 6.45) is 6.76. The number of amides is 1. The van der Waals surface area contributed by atoms with Crippen molar-refractivity contribution in [1.29, 1.82) is 0 Å². The maximum atomic E-state index is 12.1. The van der Waals surface area contributed by atoms with Crippen molar-refractivity contribution in [3.05, 3.63) is 29.7 Å². The van der Waals surface area contributed by atoms with Crippen LogP contribution in [0.5, 0.6) is 0 Å². The van der Waals surface area contributed by atoms with Crippen LogP contribution in [0.4, 0.5) is 5.82 Å². The number of piperidine rings is 1. The Bertz CT molecular complexity index is 632.